The zero-order valence-electron chi connectivity index (χ0n) is 16.7. The summed E-state index contributed by atoms with van der Waals surface area (Å²) in [5.74, 6) is 1.88. The van der Waals surface area contributed by atoms with E-state index in [0.717, 1.165) is 34.8 Å². The van der Waals surface area contributed by atoms with Crippen LogP contribution < -0.4 is 15.0 Å². The zero-order valence-corrected chi connectivity index (χ0v) is 16.7. The highest BCUT2D eigenvalue weighted by Crippen LogP contribution is 2.32. The maximum atomic E-state index is 12.6. The van der Waals surface area contributed by atoms with Crippen LogP contribution in [0.5, 0.6) is 11.5 Å². The van der Waals surface area contributed by atoms with Gasteiger partial charge in [-0.1, -0.05) is 12.1 Å². The fourth-order valence-electron chi connectivity index (χ4n) is 3.58. The first-order valence-electron chi connectivity index (χ1n) is 9.42. The highest BCUT2D eigenvalue weighted by Gasteiger charge is 2.23. The van der Waals surface area contributed by atoms with Crippen molar-refractivity contribution in [2.24, 2.45) is 0 Å². The molecule has 3 aromatic rings. The molecule has 8 nitrogen and oxygen atoms in total. The minimum absolute atomic E-state index is 0.106. The van der Waals surface area contributed by atoms with E-state index in [4.69, 9.17) is 9.47 Å². The summed E-state index contributed by atoms with van der Waals surface area (Å²) >= 11 is 0. The van der Waals surface area contributed by atoms with Gasteiger partial charge in [0.2, 0.25) is 0 Å². The van der Waals surface area contributed by atoms with E-state index in [1.54, 1.807) is 26.6 Å². The molecule has 0 fully saturated rings. The minimum Gasteiger partial charge on any atom is -0.493 e. The highest BCUT2D eigenvalue weighted by molar-refractivity contribution is 5.48. The van der Waals surface area contributed by atoms with Gasteiger partial charge in [0.1, 0.15) is 5.69 Å². The van der Waals surface area contributed by atoms with Crippen molar-refractivity contribution in [3.63, 3.8) is 0 Å². The predicted molar refractivity (Wildman–Crippen MR) is 108 cm³/mol. The second-order valence-corrected chi connectivity index (χ2v) is 7.00. The molecule has 4 rings (SSSR count). The average molecular weight is 393 g/mol. The average Bonchev–Trinajstić information content (AvgIpc) is 2.73. The Bertz CT molecular complexity index is 1080. The molecule has 0 saturated heterocycles. The van der Waals surface area contributed by atoms with Gasteiger partial charge in [-0.15, -0.1) is 0 Å². The lowest BCUT2D eigenvalue weighted by Gasteiger charge is -2.28. The molecular formula is C21H23N5O3. The third kappa shape index (κ3) is 3.84. The van der Waals surface area contributed by atoms with Crippen LogP contribution in [0.1, 0.15) is 22.5 Å². The van der Waals surface area contributed by atoms with E-state index in [0.29, 0.717) is 36.8 Å². The largest absolute Gasteiger partial charge is 0.493 e. The lowest BCUT2D eigenvalue weighted by atomic mass is 10.0. The van der Waals surface area contributed by atoms with E-state index in [1.807, 2.05) is 25.1 Å². The quantitative estimate of drug-likeness (QED) is 0.710. The van der Waals surface area contributed by atoms with Crippen LogP contribution >= 0.6 is 0 Å². The Kier molecular flexibility index (Phi) is 5.26. The molecule has 29 heavy (non-hydrogen) atoms. The van der Waals surface area contributed by atoms with E-state index in [2.05, 4.69) is 24.8 Å². The second-order valence-electron chi connectivity index (χ2n) is 7.00. The van der Waals surface area contributed by atoms with Crippen molar-refractivity contribution in [1.82, 2.24) is 24.8 Å². The van der Waals surface area contributed by atoms with Crippen molar-refractivity contribution in [2.75, 3.05) is 20.8 Å². The van der Waals surface area contributed by atoms with Crippen molar-refractivity contribution in [2.45, 2.75) is 26.4 Å². The number of rotatable bonds is 5. The molecule has 1 aliphatic heterocycles. The van der Waals surface area contributed by atoms with Gasteiger partial charge < -0.3 is 14.5 Å². The first kappa shape index (κ1) is 19.1. The number of para-hydroxylation sites is 1. The number of ether oxygens (including phenoxy) is 2. The number of fused-ring (bicyclic) bond motifs is 1. The van der Waals surface area contributed by atoms with Gasteiger partial charge >= 0.3 is 0 Å². The Balaban J connectivity index is 1.61. The lowest BCUT2D eigenvalue weighted by molar-refractivity contribution is 0.235. The molecule has 1 aromatic carbocycles. The molecule has 0 unspecified atom stereocenters. The van der Waals surface area contributed by atoms with E-state index in [9.17, 15) is 4.79 Å². The molecular weight excluding hydrogens is 370 g/mol. The van der Waals surface area contributed by atoms with Gasteiger partial charge in [-0.25, -0.2) is 9.97 Å². The fourth-order valence-corrected chi connectivity index (χ4v) is 3.58. The minimum atomic E-state index is -0.106. The van der Waals surface area contributed by atoms with Gasteiger partial charge in [0.25, 0.3) is 5.56 Å². The lowest BCUT2D eigenvalue weighted by Crippen LogP contribution is -2.35. The zero-order chi connectivity index (χ0) is 20.4. The van der Waals surface area contributed by atoms with Crippen LogP contribution in [0.15, 0.2) is 35.4 Å². The highest BCUT2D eigenvalue weighted by atomic mass is 16.5. The summed E-state index contributed by atoms with van der Waals surface area (Å²) in [6, 6.07) is 5.85. The van der Waals surface area contributed by atoms with Crippen molar-refractivity contribution < 1.29 is 9.47 Å². The Hall–Kier alpha value is -3.26. The number of nitrogens with zero attached hydrogens (tertiary/aromatic N) is 4. The van der Waals surface area contributed by atoms with Crippen LogP contribution in [-0.2, 0) is 19.5 Å². The summed E-state index contributed by atoms with van der Waals surface area (Å²) in [4.78, 5) is 30.9. The predicted octanol–water partition coefficient (Wildman–Crippen LogP) is 2.11. The van der Waals surface area contributed by atoms with Crippen molar-refractivity contribution >= 4 is 0 Å². The topological polar surface area (TPSA) is 93.2 Å². The molecule has 2 aromatic heterocycles. The third-order valence-electron chi connectivity index (χ3n) is 5.05. The summed E-state index contributed by atoms with van der Waals surface area (Å²) in [5.41, 5.74) is 3.81. The van der Waals surface area contributed by atoms with Crippen LogP contribution in [0.4, 0.5) is 0 Å². The van der Waals surface area contributed by atoms with Gasteiger partial charge in [0.05, 0.1) is 31.8 Å². The maximum absolute atomic E-state index is 12.6. The van der Waals surface area contributed by atoms with Crippen molar-refractivity contribution in [3.8, 4) is 23.0 Å². The van der Waals surface area contributed by atoms with Gasteiger partial charge in [-0.2, -0.15) is 0 Å². The fraction of sp³-hybridized carbons (Fsp3) is 0.333. The van der Waals surface area contributed by atoms with Gasteiger partial charge in [-0.05, 0) is 19.4 Å². The number of hydrogen-bond donors (Lipinski definition) is 1. The Morgan fingerprint density at radius 3 is 2.76 bits per heavy atom. The van der Waals surface area contributed by atoms with Crippen LogP contribution in [0, 0.1) is 6.92 Å². The first-order chi connectivity index (χ1) is 14.1. The smallest absolute Gasteiger partial charge is 0.254 e. The van der Waals surface area contributed by atoms with E-state index >= 15 is 0 Å². The number of aromatic amines is 1. The summed E-state index contributed by atoms with van der Waals surface area (Å²) in [6.45, 7) is 3.88. The SMILES string of the molecule is COc1cccc(CN2CCc3c(nc(-c4cnc(C)cn4)[nH]c3=O)C2)c1OC. The number of aromatic nitrogens is 4. The molecule has 0 spiro atoms. The summed E-state index contributed by atoms with van der Waals surface area (Å²) < 4.78 is 10.9. The van der Waals surface area contributed by atoms with Gasteiger partial charge in [0.15, 0.2) is 17.3 Å². The van der Waals surface area contributed by atoms with E-state index in [1.165, 1.54) is 0 Å². The van der Waals surface area contributed by atoms with E-state index < -0.39 is 0 Å². The molecule has 0 atom stereocenters. The Morgan fingerprint density at radius 2 is 2.03 bits per heavy atom. The van der Waals surface area contributed by atoms with Crippen molar-refractivity contribution in [3.05, 3.63) is 63.5 Å². The molecule has 1 aliphatic rings. The van der Waals surface area contributed by atoms with Crippen LogP contribution in [0.25, 0.3) is 11.5 Å². The van der Waals surface area contributed by atoms with Crippen LogP contribution in [0.2, 0.25) is 0 Å². The van der Waals surface area contributed by atoms with E-state index in [-0.39, 0.29) is 5.56 Å². The number of aryl methyl sites for hydroxylation is 1. The monoisotopic (exact) mass is 393 g/mol. The number of nitrogens with one attached hydrogen (secondary N) is 1. The first-order valence-corrected chi connectivity index (χ1v) is 9.42. The standard InChI is InChI=1S/C21H23N5O3/c1-13-9-23-16(10-22-13)20-24-17-12-26(8-7-15(17)21(27)25-20)11-14-5-4-6-18(28-2)19(14)29-3/h4-6,9-10H,7-8,11-12H2,1-3H3,(H,24,25,27). The molecule has 0 radical (unpaired) electrons. The normalized spacial score (nSPS) is 13.8. The molecule has 0 amide bonds. The van der Waals surface area contributed by atoms with Crippen molar-refractivity contribution in [1.29, 1.82) is 0 Å². The number of benzene rings is 1. The number of methoxy groups -OCH3 is 2. The molecule has 0 bridgehead atoms. The summed E-state index contributed by atoms with van der Waals surface area (Å²) in [5, 5.41) is 0. The Labute approximate surface area is 168 Å². The molecule has 0 aliphatic carbocycles. The second kappa shape index (κ2) is 8.00. The maximum Gasteiger partial charge on any atom is 0.254 e. The molecule has 8 heteroatoms. The molecule has 150 valence electrons. The number of H-pyrrole nitrogens is 1. The summed E-state index contributed by atoms with van der Waals surface area (Å²) in [7, 11) is 3.27. The van der Waals surface area contributed by atoms with Crippen LogP contribution in [-0.4, -0.2) is 45.6 Å². The Morgan fingerprint density at radius 1 is 1.17 bits per heavy atom. The molecule has 3 heterocycles. The van der Waals surface area contributed by atoms with Crippen LogP contribution in [0.3, 0.4) is 0 Å². The third-order valence-corrected chi connectivity index (χ3v) is 5.05. The summed E-state index contributed by atoms with van der Waals surface area (Å²) in [6.07, 6.45) is 3.93. The number of hydrogen-bond acceptors (Lipinski definition) is 7. The van der Waals surface area contributed by atoms with Gasteiger partial charge in [0, 0.05) is 37.0 Å². The van der Waals surface area contributed by atoms with Gasteiger partial charge in [-0.3, -0.25) is 14.7 Å². The molecule has 1 N–H and O–H groups in total. The molecule has 0 saturated carbocycles.